The lowest BCUT2D eigenvalue weighted by molar-refractivity contribution is 0.0193. The Morgan fingerprint density at radius 3 is 2.52 bits per heavy atom. The highest BCUT2D eigenvalue weighted by Gasteiger charge is 2.34. The first-order valence-electron chi connectivity index (χ1n) is 9.38. The van der Waals surface area contributed by atoms with Crippen LogP contribution in [0.4, 0.5) is 4.39 Å². The Hall–Kier alpha value is -1.37. The molecule has 0 amide bonds. The minimum atomic E-state index is -0.175. The number of likely N-dealkylation sites (tertiary alicyclic amines) is 2. The molecule has 2 aliphatic rings. The van der Waals surface area contributed by atoms with Crippen LogP contribution in [-0.4, -0.2) is 68.2 Å². The number of nitroso groups, excluding NO2 is 1. The quantitative estimate of drug-likeness (QED) is 0.733. The molecule has 0 bridgehead atoms. The van der Waals surface area contributed by atoms with E-state index in [-0.39, 0.29) is 11.9 Å². The molecule has 2 aliphatic heterocycles. The second-order valence-electron chi connectivity index (χ2n) is 7.38. The molecule has 1 unspecified atom stereocenters. The van der Waals surface area contributed by atoms with Gasteiger partial charge >= 0.3 is 0 Å². The van der Waals surface area contributed by atoms with E-state index in [1.165, 1.54) is 5.56 Å². The van der Waals surface area contributed by atoms with E-state index in [1.807, 2.05) is 19.2 Å². The van der Waals surface area contributed by atoms with Crippen LogP contribution in [0.25, 0.3) is 0 Å². The average molecular weight is 348 g/mol. The number of hydrogen-bond acceptors (Lipinski definition) is 5. The van der Waals surface area contributed by atoms with Gasteiger partial charge in [0.1, 0.15) is 5.82 Å². The summed E-state index contributed by atoms with van der Waals surface area (Å²) in [7, 11) is 1.97. The van der Waals surface area contributed by atoms with Gasteiger partial charge in [-0.1, -0.05) is 17.3 Å². The van der Waals surface area contributed by atoms with E-state index in [4.69, 9.17) is 0 Å². The van der Waals surface area contributed by atoms with Crippen LogP contribution in [0.1, 0.15) is 30.7 Å². The van der Waals surface area contributed by atoms with Crippen LogP contribution in [-0.2, 0) is 0 Å². The molecule has 5 nitrogen and oxygen atoms in total. The maximum absolute atomic E-state index is 13.1. The van der Waals surface area contributed by atoms with Gasteiger partial charge in [-0.3, -0.25) is 4.90 Å². The first-order valence-corrected chi connectivity index (χ1v) is 9.38. The summed E-state index contributed by atoms with van der Waals surface area (Å²) in [5.41, 5.74) is 1.20. The van der Waals surface area contributed by atoms with Crippen molar-refractivity contribution in [3.05, 3.63) is 40.6 Å². The number of piperidine rings is 1. The van der Waals surface area contributed by atoms with Crippen LogP contribution >= 0.6 is 0 Å². The van der Waals surface area contributed by atoms with Gasteiger partial charge in [-0.25, -0.2) is 4.39 Å². The van der Waals surface area contributed by atoms with Gasteiger partial charge in [0.2, 0.25) is 0 Å². The van der Waals surface area contributed by atoms with Crippen LogP contribution in [0.5, 0.6) is 0 Å². The second-order valence-corrected chi connectivity index (χ2v) is 7.38. The molecule has 3 rings (SSSR count). The molecule has 2 fully saturated rings. The van der Waals surface area contributed by atoms with Crippen molar-refractivity contribution >= 4 is 0 Å². The predicted molar refractivity (Wildman–Crippen MR) is 98.3 cm³/mol. The summed E-state index contributed by atoms with van der Waals surface area (Å²) in [6.07, 6.45) is 2.90. The zero-order chi connectivity index (χ0) is 17.6. The molecule has 0 spiro atoms. The smallest absolute Gasteiger partial charge is 0.123 e. The van der Waals surface area contributed by atoms with Gasteiger partial charge in [0, 0.05) is 38.8 Å². The van der Waals surface area contributed by atoms with Crippen LogP contribution in [0.2, 0.25) is 0 Å². The topological polar surface area (TPSA) is 47.9 Å². The molecule has 0 aromatic heterocycles. The summed E-state index contributed by atoms with van der Waals surface area (Å²) >= 11 is 0. The van der Waals surface area contributed by atoms with E-state index in [1.54, 1.807) is 12.1 Å². The molecule has 0 saturated carbocycles. The Bertz CT molecular complexity index is 539. The van der Waals surface area contributed by atoms with Crippen molar-refractivity contribution in [3.63, 3.8) is 0 Å². The number of rotatable bonds is 8. The van der Waals surface area contributed by atoms with Crippen LogP contribution in [0.15, 0.2) is 29.4 Å². The van der Waals surface area contributed by atoms with E-state index in [9.17, 15) is 9.30 Å². The van der Waals surface area contributed by atoms with Gasteiger partial charge in [-0.15, -0.1) is 0 Å². The molecule has 1 N–H and O–H groups in total. The molecular weight excluding hydrogens is 319 g/mol. The minimum absolute atomic E-state index is 0.0328. The predicted octanol–water partition coefficient (Wildman–Crippen LogP) is 2.43. The third kappa shape index (κ3) is 4.84. The molecule has 0 aliphatic carbocycles. The number of nitrogens with zero attached hydrogens (tertiary/aromatic N) is 3. The number of likely N-dealkylation sites (N-methyl/N-ethyl adjacent to an activating group) is 1. The van der Waals surface area contributed by atoms with Crippen molar-refractivity contribution < 1.29 is 4.39 Å². The lowest BCUT2D eigenvalue weighted by Gasteiger charge is -2.47. The molecule has 2 heterocycles. The second kappa shape index (κ2) is 8.83. The first-order chi connectivity index (χ1) is 12.2. The molecule has 1 aromatic rings. The van der Waals surface area contributed by atoms with Gasteiger partial charge in [-0.05, 0) is 56.5 Å². The molecule has 1 aromatic carbocycles. The third-order valence-corrected chi connectivity index (χ3v) is 5.69. The Morgan fingerprint density at radius 2 is 1.92 bits per heavy atom. The van der Waals surface area contributed by atoms with Gasteiger partial charge < -0.3 is 10.2 Å². The fourth-order valence-electron chi connectivity index (χ4n) is 4.02. The Labute approximate surface area is 149 Å². The Morgan fingerprint density at radius 1 is 1.24 bits per heavy atom. The Kier molecular flexibility index (Phi) is 6.51. The van der Waals surface area contributed by atoms with Crippen molar-refractivity contribution in [1.29, 1.82) is 0 Å². The van der Waals surface area contributed by atoms with E-state index in [0.29, 0.717) is 12.0 Å². The average Bonchev–Trinajstić information content (AvgIpc) is 2.61. The van der Waals surface area contributed by atoms with Crippen molar-refractivity contribution in [2.24, 2.45) is 5.18 Å². The third-order valence-electron chi connectivity index (χ3n) is 5.69. The molecule has 138 valence electrons. The lowest BCUT2D eigenvalue weighted by Crippen LogP contribution is -2.61. The number of nitrogens with one attached hydrogen (secondary N) is 1. The minimum Gasteiger partial charge on any atom is -0.319 e. The van der Waals surface area contributed by atoms with E-state index >= 15 is 0 Å². The highest BCUT2D eigenvalue weighted by molar-refractivity contribution is 5.21. The van der Waals surface area contributed by atoms with Crippen molar-refractivity contribution in [2.45, 2.75) is 37.3 Å². The zero-order valence-corrected chi connectivity index (χ0v) is 15.0. The SMILES string of the molecule is CNCC(CCN1CC(N2CCC(N=O)CC2)C1)c1ccc(F)cc1. The standard InChI is InChI=1S/C19H29FN4O/c1-21-12-16(15-2-4-17(20)5-3-15)6-9-23-13-19(14-23)24-10-7-18(22-25)8-11-24/h2-5,16,18-19,21H,6-14H2,1H3. The van der Waals surface area contributed by atoms with Crippen LogP contribution in [0.3, 0.4) is 0 Å². The fraction of sp³-hybridized carbons (Fsp3) is 0.684. The number of hydrogen-bond donors (Lipinski definition) is 1. The summed E-state index contributed by atoms with van der Waals surface area (Å²) in [4.78, 5) is 15.6. The maximum atomic E-state index is 13.1. The zero-order valence-electron chi connectivity index (χ0n) is 15.0. The summed E-state index contributed by atoms with van der Waals surface area (Å²) in [6.45, 7) is 6.24. The van der Waals surface area contributed by atoms with Gasteiger partial charge in [-0.2, -0.15) is 4.91 Å². The van der Waals surface area contributed by atoms with Gasteiger partial charge in [0.25, 0.3) is 0 Å². The maximum Gasteiger partial charge on any atom is 0.123 e. The number of benzene rings is 1. The summed E-state index contributed by atoms with van der Waals surface area (Å²) in [5, 5.41) is 6.44. The normalized spacial score (nSPS) is 21.8. The van der Waals surface area contributed by atoms with E-state index in [0.717, 1.165) is 58.5 Å². The molecule has 25 heavy (non-hydrogen) atoms. The Balaban J connectivity index is 1.41. The van der Waals surface area contributed by atoms with E-state index in [2.05, 4.69) is 20.3 Å². The van der Waals surface area contributed by atoms with E-state index < -0.39 is 0 Å². The summed E-state index contributed by atoms with van der Waals surface area (Å²) in [6, 6.07) is 7.58. The number of halogens is 1. The molecule has 6 heteroatoms. The van der Waals surface area contributed by atoms with Gasteiger partial charge in [0.15, 0.2) is 0 Å². The van der Waals surface area contributed by atoms with Gasteiger partial charge in [0.05, 0.1) is 6.04 Å². The monoisotopic (exact) mass is 348 g/mol. The lowest BCUT2D eigenvalue weighted by atomic mass is 9.94. The summed E-state index contributed by atoms with van der Waals surface area (Å²) < 4.78 is 13.1. The van der Waals surface area contributed by atoms with Crippen LogP contribution < -0.4 is 5.32 Å². The molecule has 0 radical (unpaired) electrons. The van der Waals surface area contributed by atoms with Crippen molar-refractivity contribution in [1.82, 2.24) is 15.1 Å². The molecular formula is C19H29FN4O. The highest BCUT2D eigenvalue weighted by atomic mass is 19.1. The van der Waals surface area contributed by atoms with Crippen molar-refractivity contribution in [3.8, 4) is 0 Å². The fourth-order valence-corrected chi connectivity index (χ4v) is 4.02. The van der Waals surface area contributed by atoms with Crippen LogP contribution in [0, 0.1) is 10.7 Å². The highest BCUT2D eigenvalue weighted by Crippen LogP contribution is 2.24. The largest absolute Gasteiger partial charge is 0.319 e. The first kappa shape index (κ1) is 18.4. The van der Waals surface area contributed by atoms with Crippen molar-refractivity contribution in [2.75, 3.05) is 46.3 Å². The summed E-state index contributed by atoms with van der Waals surface area (Å²) in [5.74, 6) is 0.241. The molecule has 2 saturated heterocycles. The molecule has 1 atom stereocenters.